The summed E-state index contributed by atoms with van der Waals surface area (Å²) in [4.78, 5) is 21.9. The van der Waals surface area contributed by atoms with E-state index in [4.69, 9.17) is 11.2 Å². The van der Waals surface area contributed by atoms with E-state index in [1.807, 2.05) is 6.92 Å². The van der Waals surface area contributed by atoms with Crippen molar-refractivity contribution in [3.63, 3.8) is 0 Å². The number of aliphatic hydroxyl groups is 1. The lowest BCUT2D eigenvalue weighted by atomic mass is 9.93. The van der Waals surface area contributed by atoms with E-state index in [0.717, 1.165) is 6.42 Å². The molecule has 1 aliphatic rings. The molecular formula is C13H23F3O6. The average molecular weight is 334 g/mol. The van der Waals surface area contributed by atoms with Crippen LogP contribution in [0.4, 0.5) is 18.0 Å². The van der Waals surface area contributed by atoms with Gasteiger partial charge in [-0.25, -0.2) is 4.79 Å². The van der Waals surface area contributed by atoms with Gasteiger partial charge in [0, 0.05) is 1.37 Å². The normalized spacial score (nSPS) is 16.5. The van der Waals surface area contributed by atoms with Gasteiger partial charge in [0.25, 0.3) is 0 Å². The van der Waals surface area contributed by atoms with Crippen LogP contribution in [0.1, 0.15) is 35.5 Å². The molecule has 9 heteroatoms. The molecule has 0 aromatic carbocycles. The monoisotopic (exact) mass is 334 g/mol. The summed E-state index contributed by atoms with van der Waals surface area (Å²) in [5.74, 6) is -0.400. The second kappa shape index (κ2) is 11.1. The molecule has 0 aromatic rings. The van der Waals surface area contributed by atoms with Crippen molar-refractivity contribution in [2.24, 2.45) is 5.41 Å². The molecule has 1 heterocycles. The van der Waals surface area contributed by atoms with Crippen LogP contribution in [0.3, 0.4) is 0 Å². The molecule has 0 spiro atoms. The number of cyclic esters (lactones) is 2. The molecule has 132 valence electrons. The van der Waals surface area contributed by atoms with Crippen molar-refractivity contribution >= 4 is 12.1 Å². The van der Waals surface area contributed by atoms with Crippen LogP contribution in [0.15, 0.2) is 0 Å². The largest absolute Gasteiger partial charge is 0.508 e. The summed E-state index contributed by atoms with van der Waals surface area (Å²) in [5, 5.41) is 7.28. The molecule has 0 atom stereocenters. The SMILES string of the molecule is CCOC(=O)C1(C)COC(=O)OC1.OCC(F)(F)F.[3H]CCC. The van der Waals surface area contributed by atoms with E-state index in [9.17, 15) is 22.8 Å². The molecule has 0 amide bonds. The Morgan fingerprint density at radius 2 is 1.82 bits per heavy atom. The summed E-state index contributed by atoms with van der Waals surface area (Å²) in [5.41, 5.74) is -0.857. The van der Waals surface area contributed by atoms with E-state index >= 15 is 0 Å². The van der Waals surface area contributed by atoms with E-state index in [1.165, 1.54) is 0 Å². The third kappa shape index (κ3) is 11.2. The molecular weight excluding hydrogens is 309 g/mol. The van der Waals surface area contributed by atoms with Gasteiger partial charge in [-0.3, -0.25) is 4.79 Å². The molecule has 1 saturated heterocycles. The lowest BCUT2D eigenvalue weighted by Crippen LogP contribution is -2.44. The van der Waals surface area contributed by atoms with E-state index in [2.05, 4.69) is 9.47 Å². The first-order valence-electron chi connectivity index (χ1n) is 7.20. The summed E-state index contributed by atoms with van der Waals surface area (Å²) in [6.45, 7) is 4.53. The molecule has 0 aromatic heterocycles. The Morgan fingerprint density at radius 3 is 2.09 bits per heavy atom. The predicted octanol–water partition coefficient (Wildman–Crippen LogP) is 2.68. The first-order valence-corrected chi connectivity index (χ1v) is 6.49. The molecule has 1 aliphatic heterocycles. The molecule has 22 heavy (non-hydrogen) atoms. The van der Waals surface area contributed by atoms with Gasteiger partial charge in [0.15, 0.2) is 0 Å². The van der Waals surface area contributed by atoms with Crippen molar-refractivity contribution in [3.8, 4) is 0 Å². The van der Waals surface area contributed by atoms with Crippen LogP contribution in [0, 0.1) is 5.41 Å². The Kier molecular flexibility index (Phi) is 10.3. The van der Waals surface area contributed by atoms with E-state index < -0.39 is 30.3 Å². The maximum Gasteiger partial charge on any atom is 0.508 e. The van der Waals surface area contributed by atoms with Gasteiger partial charge in [-0.15, -0.1) is 0 Å². The lowest BCUT2D eigenvalue weighted by molar-refractivity contribution is -0.165. The zero-order chi connectivity index (χ0) is 18.5. The molecule has 0 radical (unpaired) electrons. The number of carbonyl (C=O) groups is 2. The zero-order valence-corrected chi connectivity index (χ0v) is 12.9. The molecule has 1 rings (SSSR count). The first-order chi connectivity index (χ1) is 10.6. The van der Waals surface area contributed by atoms with Gasteiger partial charge in [-0.1, -0.05) is 20.2 Å². The standard InChI is InChI=1S/C8H12O5.C3H8.C2H3F3O/c1-3-11-6(9)8(2)4-12-7(10)13-5-8;1-3-2;3-2(4,5)1-6/h3-5H2,1-2H3;3H2,1-2H3;6H,1H2/i;1T;. The van der Waals surface area contributed by atoms with Crippen LogP contribution < -0.4 is 0 Å². The van der Waals surface area contributed by atoms with Gasteiger partial charge in [0.05, 0.1) is 6.61 Å². The number of rotatable bonds is 2. The van der Waals surface area contributed by atoms with Crippen molar-refractivity contribution < 1.29 is 43.4 Å². The van der Waals surface area contributed by atoms with Crippen LogP contribution in [0.25, 0.3) is 0 Å². The second-order valence-corrected chi connectivity index (χ2v) is 4.38. The van der Waals surface area contributed by atoms with Gasteiger partial charge >= 0.3 is 18.3 Å². The number of ether oxygens (including phenoxy) is 3. The highest BCUT2D eigenvalue weighted by molar-refractivity contribution is 5.78. The maximum absolute atomic E-state index is 11.3. The van der Waals surface area contributed by atoms with E-state index in [1.54, 1.807) is 13.8 Å². The van der Waals surface area contributed by atoms with Crippen molar-refractivity contribution in [1.29, 1.82) is 0 Å². The Labute approximate surface area is 128 Å². The second-order valence-electron chi connectivity index (χ2n) is 4.38. The molecule has 1 fully saturated rings. The van der Waals surface area contributed by atoms with Crippen molar-refractivity contribution in [2.45, 2.75) is 40.3 Å². The summed E-state index contributed by atoms with van der Waals surface area (Å²) in [7, 11) is 0. The van der Waals surface area contributed by atoms with Crippen molar-refractivity contribution in [3.05, 3.63) is 0 Å². The molecule has 0 bridgehead atoms. The van der Waals surface area contributed by atoms with Crippen LogP contribution >= 0.6 is 0 Å². The highest BCUT2D eigenvalue weighted by atomic mass is 19.4. The smallest absolute Gasteiger partial charge is 0.465 e. The van der Waals surface area contributed by atoms with Crippen LogP contribution in [-0.4, -0.2) is 49.8 Å². The summed E-state index contributed by atoms with van der Waals surface area (Å²) >= 11 is 0. The fraction of sp³-hybridized carbons (Fsp3) is 0.846. The minimum Gasteiger partial charge on any atom is -0.465 e. The van der Waals surface area contributed by atoms with Crippen LogP contribution in [0.5, 0.6) is 0 Å². The summed E-state index contributed by atoms with van der Waals surface area (Å²) < 4.78 is 52.1. The first kappa shape index (κ1) is 20.5. The highest BCUT2D eigenvalue weighted by Gasteiger charge is 2.41. The number of aliphatic hydroxyl groups excluding tert-OH is 1. The van der Waals surface area contributed by atoms with E-state index in [-0.39, 0.29) is 13.2 Å². The van der Waals surface area contributed by atoms with Crippen LogP contribution in [0.2, 0.25) is 0 Å². The number of hydrogen-bond donors (Lipinski definition) is 1. The Bertz CT molecular complexity index is 337. The molecule has 0 saturated carbocycles. The number of alkyl halides is 3. The van der Waals surface area contributed by atoms with E-state index in [0.29, 0.717) is 13.5 Å². The Balaban J connectivity index is 0. The van der Waals surface area contributed by atoms with Gasteiger partial charge in [0.1, 0.15) is 25.2 Å². The van der Waals surface area contributed by atoms with Gasteiger partial charge < -0.3 is 19.3 Å². The number of esters is 1. The number of carbonyl (C=O) groups excluding carboxylic acids is 2. The minimum absolute atomic E-state index is 0.0185. The topological polar surface area (TPSA) is 82.1 Å². The summed E-state index contributed by atoms with van der Waals surface area (Å²) in [6.07, 6.45) is -4.15. The fourth-order valence-electron chi connectivity index (χ4n) is 0.943. The molecule has 1 N–H and O–H groups in total. The molecule has 0 aliphatic carbocycles. The predicted molar refractivity (Wildman–Crippen MR) is 71.1 cm³/mol. The third-order valence-corrected chi connectivity index (χ3v) is 1.96. The Morgan fingerprint density at radius 1 is 1.41 bits per heavy atom. The quantitative estimate of drug-likeness (QED) is 0.782. The lowest BCUT2D eigenvalue weighted by Gasteiger charge is -2.29. The van der Waals surface area contributed by atoms with Gasteiger partial charge in [-0.2, -0.15) is 13.2 Å². The average Bonchev–Trinajstić information content (AvgIpc) is 2.51. The molecule has 6 nitrogen and oxygen atoms in total. The third-order valence-electron chi connectivity index (χ3n) is 1.96. The van der Waals surface area contributed by atoms with Crippen LogP contribution in [-0.2, 0) is 19.0 Å². The van der Waals surface area contributed by atoms with Crippen molar-refractivity contribution in [1.82, 2.24) is 0 Å². The summed E-state index contributed by atoms with van der Waals surface area (Å²) in [6, 6.07) is 0. The minimum atomic E-state index is -4.40. The fourth-order valence-corrected chi connectivity index (χ4v) is 0.943. The Hall–Kier alpha value is -1.51. The zero-order valence-electron chi connectivity index (χ0n) is 13.9. The van der Waals surface area contributed by atoms with Gasteiger partial charge in [0.2, 0.25) is 0 Å². The number of halogens is 3. The molecule has 0 unspecified atom stereocenters. The maximum atomic E-state index is 11.3. The van der Waals surface area contributed by atoms with Gasteiger partial charge in [-0.05, 0) is 13.8 Å². The van der Waals surface area contributed by atoms with Crippen molar-refractivity contribution in [2.75, 3.05) is 26.4 Å². The number of hydrogen-bond acceptors (Lipinski definition) is 6. The highest BCUT2D eigenvalue weighted by Crippen LogP contribution is 2.23.